The largest absolute Gasteiger partial charge is 1.00 e. The van der Waals surface area contributed by atoms with Gasteiger partial charge in [0, 0.05) is 5.56 Å². The Kier molecular flexibility index (Phi) is 16.3. The summed E-state index contributed by atoms with van der Waals surface area (Å²) < 4.78 is 18.0. The number of hydrogen-bond donors (Lipinski definition) is 2. The van der Waals surface area contributed by atoms with Gasteiger partial charge in [0.05, 0.1) is 33.0 Å². The number of carboxylic acid groups (broad SMARTS) is 1. The van der Waals surface area contributed by atoms with Crippen LogP contribution in [0.3, 0.4) is 0 Å². The molecule has 0 aliphatic heterocycles. The van der Waals surface area contributed by atoms with Crippen molar-refractivity contribution in [2.24, 2.45) is 5.92 Å². The molecule has 1 fully saturated rings. The van der Waals surface area contributed by atoms with Crippen molar-refractivity contribution in [2.45, 2.75) is 77.2 Å². The van der Waals surface area contributed by atoms with Crippen molar-refractivity contribution in [3.05, 3.63) is 89.0 Å². The van der Waals surface area contributed by atoms with Gasteiger partial charge < -0.3 is 26.1 Å². The second-order valence-corrected chi connectivity index (χ2v) is 12.9. The smallest absolute Gasteiger partial charge is 1.00 e. The normalized spacial score (nSPS) is 14.6. The molecule has 244 valence electrons. The Labute approximate surface area is 291 Å². The Hall–Kier alpha value is -2.73. The summed E-state index contributed by atoms with van der Waals surface area (Å²) in [7, 11) is 1.66. The van der Waals surface area contributed by atoms with Crippen LogP contribution in [0.15, 0.2) is 66.7 Å². The molecule has 2 atom stereocenters. The van der Waals surface area contributed by atoms with E-state index in [1.807, 2.05) is 73.8 Å². The molecular formula is C37H48LiNO6S. The van der Waals surface area contributed by atoms with Gasteiger partial charge in [0.25, 0.3) is 5.91 Å². The maximum Gasteiger partial charge on any atom is 1.00 e. The number of carboxylic acids is 1. The molecule has 1 amide bonds. The minimum atomic E-state index is -1.03. The van der Waals surface area contributed by atoms with E-state index in [0.29, 0.717) is 43.5 Å². The number of rotatable bonds is 17. The third-order valence-corrected chi connectivity index (χ3v) is 9.16. The third kappa shape index (κ3) is 11.5. The Morgan fingerprint density at radius 3 is 2.37 bits per heavy atom. The van der Waals surface area contributed by atoms with Crippen molar-refractivity contribution in [2.75, 3.05) is 25.7 Å². The standard InChI is InChI=1S/C37H47NO6S.Li.H/c1-26-9-7-8-12-32(26)34-22-29(15-18-33(34)36(39)38-35(37(40)41)19-20-45-3)23-43-25-31(21-27-10-5-4-6-11-27)44-24-28-13-16-30(42-2)17-14-28;;/h7-9,12-18,22,27,31,35H,4-6,10-11,19-21,23-25H2,1-3H3,(H,38,39)(H,40,41);;/q;+1;-1. The molecule has 0 aromatic heterocycles. The SMILES string of the molecule is COc1ccc(COC(COCc2ccc(C(=O)NC(CCSC)C(=O)O)c(-c3ccccc3C)c2)CC2CCCCC2)cc1.[H-].[Li+]. The first-order valence-corrected chi connectivity index (χ1v) is 17.3. The van der Waals surface area contributed by atoms with Gasteiger partial charge in [-0.2, -0.15) is 11.8 Å². The number of thioether (sulfide) groups is 1. The molecule has 0 bridgehead atoms. The van der Waals surface area contributed by atoms with Crippen LogP contribution in [0.1, 0.15) is 73.4 Å². The summed E-state index contributed by atoms with van der Waals surface area (Å²) in [5, 5.41) is 12.4. The van der Waals surface area contributed by atoms with Gasteiger partial charge in [0.15, 0.2) is 0 Å². The summed E-state index contributed by atoms with van der Waals surface area (Å²) in [5.74, 6) is 0.695. The van der Waals surface area contributed by atoms with E-state index in [1.165, 1.54) is 32.1 Å². The molecule has 7 nitrogen and oxygen atoms in total. The van der Waals surface area contributed by atoms with Crippen molar-refractivity contribution in [1.82, 2.24) is 5.32 Å². The van der Waals surface area contributed by atoms with E-state index in [-0.39, 0.29) is 26.4 Å². The minimum absolute atomic E-state index is 0. The maximum absolute atomic E-state index is 13.4. The second-order valence-electron chi connectivity index (χ2n) is 11.9. The fraction of sp³-hybridized carbons (Fsp3) is 0.459. The number of amides is 1. The molecule has 0 spiro atoms. The average molecular weight is 642 g/mol. The monoisotopic (exact) mass is 641 g/mol. The molecule has 3 aromatic carbocycles. The predicted octanol–water partition coefficient (Wildman–Crippen LogP) is 4.80. The number of benzene rings is 3. The summed E-state index contributed by atoms with van der Waals surface area (Å²) >= 11 is 1.55. The van der Waals surface area contributed by atoms with E-state index in [9.17, 15) is 14.7 Å². The summed E-state index contributed by atoms with van der Waals surface area (Å²) in [4.78, 5) is 25.3. The Bertz CT molecular complexity index is 1390. The number of aryl methyl sites for hydroxylation is 1. The molecule has 2 unspecified atom stereocenters. The molecule has 1 aliphatic rings. The Balaban J connectivity index is 0.00000384. The van der Waals surface area contributed by atoms with E-state index < -0.39 is 17.9 Å². The predicted molar refractivity (Wildman–Crippen MR) is 182 cm³/mol. The van der Waals surface area contributed by atoms with Crippen LogP contribution in [-0.4, -0.2) is 54.9 Å². The molecule has 0 saturated heterocycles. The summed E-state index contributed by atoms with van der Waals surface area (Å²) in [6.07, 6.45) is 9.59. The Morgan fingerprint density at radius 2 is 1.70 bits per heavy atom. The van der Waals surface area contributed by atoms with Gasteiger partial charge >= 0.3 is 24.8 Å². The molecule has 46 heavy (non-hydrogen) atoms. The van der Waals surface area contributed by atoms with Crippen molar-refractivity contribution in [3.8, 4) is 16.9 Å². The van der Waals surface area contributed by atoms with Crippen LogP contribution in [0.2, 0.25) is 0 Å². The molecule has 4 rings (SSSR count). The number of nitrogens with one attached hydrogen (secondary N) is 1. The van der Waals surface area contributed by atoms with Crippen molar-refractivity contribution >= 4 is 23.6 Å². The van der Waals surface area contributed by atoms with Crippen molar-refractivity contribution < 1.29 is 49.2 Å². The maximum atomic E-state index is 13.4. The van der Waals surface area contributed by atoms with Crippen LogP contribution >= 0.6 is 11.8 Å². The first-order valence-electron chi connectivity index (χ1n) is 15.9. The van der Waals surface area contributed by atoms with E-state index in [0.717, 1.165) is 40.0 Å². The van der Waals surface area contributed by atoms with Crippen LogP contribution in [0, 0.1) is 12.8 Å². The van der Waals surface area contributed by atoms with Gasteiger partial charge in [0.1, 0.15) is 11.8 Å². The van der Waals surface area contributed by atoms with Gasteiger partial charge in [-0.3, -0.25) is 4.79 Å². The van der Waals surface area contributed by atoms with Gasteiger partial charge in [0.2, 0.25) is 0 Å². The van der Waals surface area contributed by atoms with Crippen LogP contribution in [0.5, 0.6) is 5.75 Å². The van der Waals surface area contributed by atoms with Gasteiger partial charge in [-0.05, 0) is 89.8 Å². The van der Waals surface area contributed by atoms with Crippen molar-refractivity contribution in [1.29, 1.82) is 0 Å². The number of aliphatic carboxylic acids is 1. The molecule has 3 aromatic rings. The van der Waals surface area contributed by atoms with Crippen LogP contribution < -0.4 is 28.9 Å². The summed E-state index contributed by atoms with van der Waals surface area (Å²) in [5.41, 5.74) is 5.20. The van der Waals surface area contributed by atoms with Crippen LogP contribution in [-0.2, 0) is 27.5 Å². The topological polar surface area (TPSA) is 94.1 Å². The van der Waals surface area contributed by atoms with E-state index in [2.05, 4.69) is 5.32 Å². The molecule has 9 heteroatoms. The van der Waals surface area contributed by atoms with Crippen LogP contribution in [0.25, 0.3) is 11.1 Å². The molecule has 0 radical (unpaired) electrons. The van der Waals surface area contributed by atoms with Gasteiger partial charge in [-0.25, -0.2) is 4.79 Å². The van der Waals surface area contributed by atoms with E-state index in [1.54, 1.807) is 24.9 Å². The summed E-state index contributed by atoms with van der Waals surface area (Å²) in [6, 6.07) is 20.6. The van der Waals surface area contributed by atoms with E-state index in [4.69, 9.17) is 14.2 Å². The van der Waals surface area contributed by atoms with Crippen LogP contribution in [0.4, 0.5) is 0 Å². The quantitative estimate of drug-likeness (QED) is 0.205. The number of carbonyl (C=O) groups is 2. The molecule has 1 aliphatic carbocycles. The van der Waals surface area contributed by atoms with Gasteiger partial charge in [-0.1, -0.05) is 74.6 Å². The first-order chi connectivity index (χ1) is 21.9. The third-order valence-electron chi connectivity index (χ3n) is 8.52. The number of ether oxygens (including phenoxy) is 3. The minimum Gasteiger partial charge on any atom is -1.00 e. The second kappa shape index (κ2) is 19.8. The fourth-order valence-electron chi connectivity index (χ4n) is 5.93. The molecule has 1 saturated carbocycles. The zero-order valence-electron chi connectivity index (χ0n) is 28.8. The van der Waals surface area contributed by atoms with Gasteiger partial charge in [-0.15, -0.1) is 0 Å². The Morgan fingerprint density at radius 1 is 0.978 bits per heavy atom. The zero-order chi connectivity index (χ0) is 32.0. The number of methoxy groups -OCH3 is 1. The zero-order valence-corrected chi connectivity index (χ0v) is 28.6. The average Bonchev–Trinajstić information content (AvgIpc) is 3.06. The van der Waals surface area contributed by atoms with Crippen molar-refractivity contribution in [3.63, 3.8) is 0 Å². The summed E-state index contributed by atoms with van der Waals surface area (Å²) in [6.45, 7) is 3.37. The van der Waals surface area contributed by atoms with E-state index >= 15 is 0 Å². The number of hydrogen-bond acceptors (Lipinski definition) is 6. The number of carbonyl (C=O) groups excluding carboxylic acids is 1. The molecular weight excluding hydrogens is 593 g/mol. The first kappa shape index (κ1) is 37.7. The molecule has 0 heterocycles. The molecule has 2 N–H and O–H groups in total. The fourth-order valence-corrected chi connectivity index (χ4v) is 6.40.